The van der Waals surface area contributed by atoms with Crippen molar-refractivity contribution in [2.75, 3.05) is 0 Å². The molecule has 3 aliphatic rings. The number of rotatable bonds is 6. The number of halogens is 2. The quantitative estimate of drug-likeness (QED) is 0.387. The first-order chi connectivity index (χ1) is 15.5. The fourth-order valence-electron chi connectivity index (χ4n) is 6.63. The van der Waals surface area contributed by atoms with E-state index in [9.17, 15) is 8.78 Å². The van der Waals surface area contributed by atoms with E-state index in [0.29, 0.717) is 23.0 Å². The van der Waals surface area contributed by atoms with Gasteiger partial charge < -0.3 is 0 Å². The number of allylic oxidation sites excluding steroid dienone is 4. The van der Waals surface area contributed by atoms with Crippen LogP contribution in [0.2, 0.25) is 0 Å². The van der Waals surface area contributed by atoms with Crippen LogP contribution in [0.5, 0.6) is 0 Å². The maximum atomic E-state index is 14.4. The molecule has 2 fully saturated rings. The predicted molar refractivity (Wildman–Crippen MR) is 131 cm³/mol. The summed E-state index contributed by atoms with van der Waals surface area (Å²) < 4.78 is 28.3. The molecule has 0 radical (unpaired) electrons. The summed E-state index contributed by atoms with van der Waals surface area (Å²) in [6.45, 7) is 3.95. The third-order valence-corrected chi connectivity index (χ3v) is 8.78. The first-order valence-corrected chi connectivity index (χ1v) is 13.4. The minimum absolute atomic E-state index is 0.164. The predicted octanol–water partition coefficient (Wildman–Crippen LogP) is 9.29. The number of hydrogen-bond donors (Lipinski definition) is 0. The van der Waals surface area contributed by atoms with Gasteiger partial charge in [-0.2, -0.15) is 0 Å². The van der Waals surface area contributed by atoms with Gasteiger partial charge in [0, 0.05) is 0 Å². The van der Waals surface area contributed by atoms with Gasteiger partial charge in [-0.3, -0.25) is 0 Å². The second-order valence-electron chi connectivity index (χ2n) is 11.0. The van der Waals surface area contributed by atoms with Gasteiger partial charge in [-0.1, -0.05) is 69.0 Å². The normalized spacial score (nSPS) is 33.6. The van der Waals surface area contributed by atoms with Crippen LogP contribution >= 0.6 is 0 Å². The van der Waals surface area contributed by atoms with E-state index in [4.69, 9.17) is 0 Å². The topological polar surface area (TPSA) is 0 Å². The molecule has 1 aromatic carbocycles. The average molecular weight is 441 g/mol. The third kappa shape index (κ3) is 5.72. The van der Waals surface area contributed by atoms with Crippen LogP contribution in [0.4, 0.5) is 8.78 Å². The molecule has 3 aliphatic carbocycles. The van der Waals surface area contributed by atoms with Crippen molar-refractivity contribution in [1.29, 1.82) is 0 Å². The minimum atomic E-state index is -0.666. The second kappa shape index (κ2) is 11.1. The van der Waals surface area contributed by atoms with Crippen LogP contribution in [0.1, 0.15) is 101 Å². The molecule has 2 saturated carbocycles. The maximum absolute atomic E-state index is 14.4. The summed E-state index contributed by atoms with van der Waals surface area (Å²) in [6.07, 6.45) is 25.1. The summed E-state index contributed by atoms with van der Waals surface area (Å²) in [6, 6.07) is 3.52. The van der Waals surface area contributed by atoms with E-state index in [1.165, 1.54) is 51.4 Å². The van der Waals surface area contributed by atoms with Crippen molar-refractivity contribution < 1.29 is 8.78 Å². The molecule has 0 N–H and O–H groups in total. The molecule has 0 aromatic heterocycles. The van der Waals surface area contributed by atoms with Crippen LogP contribution in [0, 0.1) is 48.1 Å². The number of benzene rings is 1. The van der Waals surface area contributed by atoms with Gasteiger partial charge in [0.15, 0.2) is 11.6 Å². The minimum Gasteiger partial charge on any atom is -0.203 e. The molecular weight excluding hydrogens is 398 g/mol. The van der Waals surface area contributed by atoms with Crippen molar-refractivity contribution in [3.05, 3.63) is 59.2 Å². The molecule has 0 aliphatic heterocycles. The van der Waals surface area contributed by atoms with Crippen molar-refractivity contribution in [2.45, 2.75) is 96.8 Å². The van der Waals surface area contributed by atoms with E-state index < -0.39 is 11.6 Å². The molecule has 32 heavy (non-hydrogen) atoms. The fraction of sp³-hybridized carbons (Fsp3) is 0.667. The Morgan fingerprint density at radius 1 is 0.812 bits per heavy atom. The highest BCUT2D eigenvalue weighted by molar-refractivity contribution is 5.28. The molecule has 176 valence electrons. The van der Waals surface area contributed by atoms with Gasteiger partial charge >= 0.3 is 0 Å². The summed E-state index contributed by atoms with van der Waals surface area (Å²) >= 11 is 0. The Hall–Kier alpha value is -1.44. The summed E-state index contributed by atoms with van der Waals surface area (Å²) in [5.41, 5.74) is 0.982. The lowest BCUT2D eigenvalue weighted by Gasteiger charge is -2.34. The summed E-state index contributed by atoms with van der Waals surface area (Å²) in [4.78, 5) is 0. The summed E-state index contributed by atoms with van der Waals surface area (Å²) in [7, 11) is 0. The first-order valence-electron chi connectivity index (χ1n) is 13.4. The molecule has 4 rings (SSSR count). The van der Waals surface area contributed by atoms with Crippen LogP contribution in [-0.4, -0.2) is 0 Å². The van der Waals surface area contributed by atoms with Crippen molar-refractivity contribution in [2.24, 2.45) is 29.6 Å². The Morgan fingerprint density at radius 2 is 1.56 bits per heavy atom. The molecule has 0 saturated heterocycles. The lowest BCUT2D eigenvalue weighted by atomic mass is 9.71. The first kappa shape index (κ1) is 23.7. The van der Waals surface area contributed by atoms with Gasteiger partial charge in [0.2, 0.25) is 0 Å². The SMILES string of the molecule is CCCC1CCC(C2C=CC(/C=C/C3CCC(c4ccc(C)c(F)c4F)CC3)CC2)CC1. The van der Waals surface area contributed by atoms with Crippen LogP contribution in [0.3, 0.4) is 0 Å². The molecule has 2 atom stereocenters. The number of aryl methyl sites for hydroxylation is 1. The smallest absolute Gasteiger partial charge is 0.162 e. The van der Waals surface area contributed by atoms with Gasteiger partial charge in [0.05, 0.1) is 0 Å². The molecule has 2 heteroatoms. The van der Waals surface area contributed by atoms with Crippen LogP contribution in [0.15, 0.2) is 36.4 Å². The largest absolute Gasteiger partial charge is 0.203 e. The van der Waals surface area contributed by atoms with Crippen molar-refractivity contribution in [3.8, 4) is 0 Å². The van der Waals surface area contributed by atoms with Crippen LogP contribution in [-0.2, 0) is 0 Å². The summed E-state index contributed by atoms with van der Waals surface area (Å²) in [5.74, 6) is 2.78. The van der Waals surface area contributed by atoms with E-state index in [1.807, 2.05) is 0 Å². The monoisotopic (exact) mass is 440 g/mol. The number of hydrogen-bond acceptors (Lipinski definition) is 0. The van der Waals surface area contributed by atoms with Crippen LogP contribution in [0.25, 0.3) is 0 Å². The molecule has 0 heterocycles. The standard InChI is InChI=1S/C30H42F2/c1-3-4-22-8-14-25(15-9-22)26-16-10-23(11-17-26)6-7-24-12-18-27(19-13-24)28-20-5-21(2)29(31)30(28)32/h5-7,10,16,20,22-27H,3-4,8-9,11-15,17-19H2,1-2H3/b7-6+. The molecule has 0 bridgehead atoms. The molecule has 0 amide bonds. The maximum Gasteiger partial charge on any atom is 0.162 e. The van der Waals surface area contributed by atoms with Gasteiger partial charge in [-0.15, -0.1) is 0 Å². The Balaban J connectivity index is 1.23. The van der Waals surface area contributed by atoms with Crippen molar-refractivity contribution in [3.63, 3.8) is 0 Å². The highest BCUT2D eigenvalue weighted by Crippen LogP contribution is 2.41. The Labute approximate surface area is 194 Å². The lowest BCUT2D eigenvalue weighted by molar-refractivity contribution is 0.207. The van der Waals surface area contributed by atoms with Gasteiger partial charge in [-0.25, -0.2) is 8.78 Å². The van der Waals surface area contributed by atoms with Crippen molar-refractivity contribution >= 4 is 0 Å². The van der Waals surface area contributed by atoms with E-state index >= 15 is 0 Å². The highest BCUT2D eigenvalue weighted by atomic mass is 19.2. The van der Waals surface area contributed by atoms with Gasteiger partial charge in [-0.05, 0) is 105 Å². The Kier molecular flexibility index (Phi) is 8.24. The highest BCUT2D eigenvalue weighted by Gasteiger charge is 2.28. The third-order valence-electron chi connectivity index (χ3n) is 8.78. The average Bonchev–Trinajstić information content (AvgIpc) is 2.83. The fourth-order valence-corrected chi connectivity index (χ4v) is 6.63. The lowest BCUT2D eigenvalue weighted by Crippen LogP contribution is -2.23. The zero-order valence-corrected chi connectivity index (χ0v) is 20.2. The van der Waals surface area contributed by atoms with Crippen molar-refractivity contribution in [1.82, 2.24) is 0 Å². The zero-order valence-electron chi connectivity index (χ0n) is 20.2. The molecule has 2 unspecified atom stereocenters. The van der Waals surface area contributed by atoms with Crippen LogP contribution < -0.4 is 0 Å². The van der Waals surface area contributed by atoms with E-state index in [1.54, 1.807) is 19.1 Å². The van der Waals surface area contributed by atoms with Gasteiger partial charge in [0.1, 0.15) is 0 Å². The Morgan fingerprint density at radius 3 is 2.22 bits per heavy atom. The van der Waals surface area contributed by atoms with E-state index in [-0.39, 0.29) is 5.92 Å². The molecule has 1 aromatic rings. The van der Waals surface area contributed by atoms with E-state index in [0.717, 1.165) is 43.4 Å². The summed E-state index contributed by atoms with van der Waals surface area (Å²) in [5, 5.41) is 0. The zero-order chi connectivity index (χ0) is 22.5. The Bertz CT molecular complexity index is 791. The second-order valence-corrected chi connectivity index (χ2v) is 11.0. The molecule has 0 spiro atoms. The van der Waals surface area contributed by atoms with Gasteiger partial charge in [0.25, 0.3) is 0 Å². The molecule has 0 nitrogen and oxygen atoms in total. The molecular formula is C30H42F2. The van der Waals surface area contributed by atoms with E-state index in [2.05, 4.69) is 31.2 Å².